The molecule has 0 fully saturated rings. The van der Waals surface area contributed by atoms with Crippen molar-refractivity contribution in [3.8, 4) is 0 Å². The highest BCUT2D eigenvalue weighted by molar-refractivity contribution is 7.12. The van der Waals surface area contributed by atoms with Crippen LogP contribution in [0.5, 0.6) is 0 Å². The van der Waals surface area contributed by atoms with E-state index in [1.54, 1.807) is 13.8 Å². The molecule has 0 unspecified atom stereocenters. The number of carbonyl (C=O) groups is 1. The Labute approximate surface area is 128 Å². The van der Waals surface area contributed by atoms with Gasteiger partial charge in [0.15, 0.2) is 5.13 Å². The smallest absolute Gasteiger partial charge is 0.270 e. The molecular formula is C12H12FN5O3S. The Morgan fingerprint density at radius 3 is 2.86 bits per heavy atom. The van der Waals surface area contributed by atoms with Crippen molar-refractivity contribution in [1.29, 1.82) is 0 Å². The number of hydrogen-bond donors (Lipinski definition) is 1. The summed E-state index contributed by atoms with van der Waals surface area (Å²) in [7, 11) is 0. The van der Waals surface area contributed by atoms with Crippen LogP contribution in [0.3, 0.4) is 0 Å². The van der Waals surface area contributed by atoms with E-state index in [9.17, 15) is 19.3 Å². The lowest BCUT2D eigenvalue weighted by Gasteiger charge is -2.22. The molecule has 116 valence electrons. The third-order valence-electron chi connectivity index (χ3n) is 2.86. The lowest BCUT2D eigenvalue weighted by Crippen LogP contribution is -2.42. The van der Waals surface area contributed by atoms with Crippen LogP contribution in [-0.4, -0.2) is 26.8 Å². The standard InChI is InChI=1S/C12H12FN5O3S/c1-12(2,17-7-8(5-15-17)18(20)21)11(19)16-14-6-9-3-4-10(13)22-9/h3-7H,1-2H3,(H,16,19)/b14-6-. The van der Waals surface area contributed by atoms with E-state index < -0.39 is 16.4 Å². The summed E-state index contributed by atoms with van der Waals surface area (Å²) < 4.78 is 14.0. The molecule has 2 aromatic heterocycles. The molecule has 0 spiro atoms. The monoisotopic (exact) mass is 325 g/mol. The molecule has 0 aromatic carbocycles. The molecule has 0 bridgehead atoms. The van der Waals surface area contributed by atoms with Crippen LogP contribution in [0, 0.1) is 15.2 Å². The lowest BCUT2D eigenvalue weighted by molar-refractivity contribution is -0.385. The fourth-order valence-electron chi connectivity index (χ4n) is 1.51. The topological polar surface area (TPSA) is 102 Å². The molecule has 22 heavy (non-hydrogen) atoms. The average Bonchev–Trinajstić information content (AvgIpc) is 3.08. The summed E-state index contributed by atoms with van der Waals surface area (Å²) in [6, 6.07) is 2.82. The van der Waals surface area contributed by atoms with Crippen LogP contribution in [-0.2, 0) is 10.3 Å². The van der Waals surface area contributed by atoms with E-state index in [0.29, 0.717) is 4.88 Å². The normalized spacial score (nSPS) is 11.8. The van der Waals surface area contributed by atoms with Gasteiger partial charge < -0.3 is 0 Å². The summed E-state index contributed by atoms with van der Waals surface area (Å²) in [6.45, 7) is 3.08. The van der Waals surface area contributed by atoms with E-state index in [2.05, 4.69) is 15.6 Å². The van der Waals surface area contributed by atoms with E-state index in [-0.39, 0.29) is 10.8 Å². The van der Waals surface area contributed by atoms with Crippen LogP contribution >= 0.6 is 11.3 Å². The van der Waals surface area contributed by atoms with Crippen molar-refractivity contribution in [3.05, 3.63) is 44.6 Å². The molecule has 8 nitrogen and oxygen atoms in total. The van der Waals surface area contributed by atoms with Gasteiger partial charge in [0.1, 0.15) is 17.9 Å². The summed E-state index contributed by atoms with van der Waals surface area (Å²) >= 11 is 0.890. The summed E-state index contributed by atoms with van der Waals surface area (Å²) in [5.41, 5.74) is 0.918. The molecule has 0 saturated carbocycles. The van der Waals surface area contributed by atoms with Crippen LogP contribution in [0.4, 0.5) is 10.1 Å². The second-order valence-electron chi connectivity index (χ2n) is 4.80. The quantitative estimate of drug-likeness (QED) is 0.515. The van der Waals surface area contributed by atoms with Crippen molar-refractivity contribution in [2.45, 2.75) is 19.4 Å². The number of nitrogens with one attached hydrogen (secondary N) is 1. The zero-order chi connectivity index (χ0) is 16.3. The highest BCUT2D eigenvalue weighted by atomic mass is 32.1. The molecule has 1 amide bonds. The van der Waals surface area contributed by atoms with E-state index in [1.165, 1.54) is 23.0 Å². The molecule has 2 rings (SSSR count). The van der Waals surface area contributed by atoms with Crippen molar-refractivity contribution in [2.24, 2.45) is 5.10 Å². The van der Waals surface area contributed by atoms with Crippen molar-refractivity contribution in [2.75, 3.05) is 0 Å². The Bertz CT molecular complexity index is 737. The van der Waals surface area contributed by atoms with Crippen LogP contribution in [0.1, 0.15) is 18.7 Å². The minimum Gasteiger partial charge on any atom is -0.270 e. The Balaban J connectivity index is 2.06. The SMILES string of the molecule is CC(C)(C(=O)N/N=C\c1ccc(F)s1)n1cc([N+](=O)[O-])cn1. The maximum atomic E-state index is 12.8. The summed E-state index contributed by atoms with van der Waals surface area (Å²) in [5.74, 6) is -0.515. The molecular weight excluding hydrogens is 313 g/mol. The number of aromatic nitrogens is 2. The minimum atomic E-state index is -1.17. The molecule has 0 atom stereocenters. The number of amides is 1. The second kappa shape index (κ2) is 6.02. The number of hydrazone groups is 1. The van der Waals surface area contributed by atoms with Gasteiger partial charge in [-0.1, -0.05) is 0 Å². The zero-order valence-corrected chi connectivity index (χ0v) is 12.5. The number of rotatable bonds is 5. The molecule has 0 aliphatic heterocycles. The number of nitrogens with zero attached hydrogens (tertiary/aromatic N) is 4. The molecule has 2 aromatic rings. The molecule has 10 heteroatoms. The number of carbonyl (C=O) groups excluding carboxylic acids is 1. The average molecular weight is 325 g/mol. The molecule has 0 aliphatic rings. The van der Waals surface area contributed by atoms with Gasteiger partial charge in [-0.25, -0.2) is 5.43 Å². The summed E-state index contributed by atoms with van der Waals surface area (Å²) in [5, 5.41) is 17.8. The Morgan fingerprint density at radius 2 is 2.32 bits per heavy atom. The van der Waals surface area contributed by atoms with Crippen molar-refractivity contribution < 1.29 is 14.1 Å². The Hall–Kier alpha value is -2.62. The van der Waals surface area contributed by atoms with Crippen molar-refractivity contribution in [3.63, 3.8) is 0 Å². The van der Waals surface area contributed by atoms with Gasteiger partial charge in [0, 0.05) is 0 Å². The van der Waals surface area contributed by atoms with E-state index >= 15 is 0 Å². The fraction of sp³-hybridized carbons (Fsp3) is 0.250. The highest BCUT2D eigenvalue weighted by Gasteiger charge is 2.31. The largest absolute Gasteiger partial charge is 0.307 e. The minimum absolute atomic E-state index is 0.210. The molecule has 0 saturated heterocycles. The first kappa shape index (κ1) is 15.8. The zero-order valence-electron chi connectivity index (χ0n) is 11.7. The molecule has 2 heterocycles. The van der Waals surface area contributed by atoms with E-state index in [4.69, 9.17) is 0 Å². The molecule has 0 radical (unpaired) electrons. The number of thiophene rings is 1. The van der Waals surface area contributed by atoms with Crippen LogP contribution in [0.15, 0.2) is 29.6 Å². The van der Waals surface area contributed by atoms with Gasteiger partial charge in [-0.3, -0.25) is 19.6 Å². The summed E-state index contributed by atoms with van der Waals surface area (Å²) in [4.78, 5) is 22.7. The first-order chi connectivity index (χ1) is 10.3. The first-order valence-electron chi connectivity index (χ1n) is 6.09. The number of halogens is 1. The van der Waals surface area contributed by atoms with E-state index in [1.807, 2.05) is 0 Å². The maximum Gasteiger partial charge on any atom is 0.307 e. The second-order valence-corrected chi connectivity index (χ2v) is 5.87. The van der Waals surface area contributed by atoms with Gasteiger partial charge >= 0.3 is 5.69 Å². The lowest BCUT2D eigenvalue weighted by atomic mass is 10.1. The van der Waals surface area contributed by atoms with Gasteiger partial charge in [0.2, 0.25) is 0 Å². The van der Waals surface area contributed by atoms with Gasteiger partial charge in [0.25, 0.3) is 5.91 Å². The van der Waals surface area contributed by atoms with Gasteiger partial charge in [0.05, 0.1) is 16.0 Å². The van der Waals surface area contributed by atoms with Gasteiger partial charge in [-0.05, 0) is 26.0 Å². The van der Waals surface area contributed by atoms with Gasteiger partial charge in [-0.2, -0.15) is 14.6 Å². The van der Waals surface area contributed by atoms with Gasteiger partial charge in [-0.15, -0.1) is 11.3 Å². The first-order valence-corrected chi connectivity index (χ1v) is 6.91. The number of hydrogen-bond acceptors (Lipinski definition) is 6. The van der Waals surface area contributed by atoms with Crippen molar-refractivity contribution in [1.82, 2.24) is 15.2 Å². The highest BCUT2D eigenvalue weighted by Crippen LogP contribution is 2.18. The van der Waals surface area contributed by atoms with Crippen molar-refractivity contribution >= 4 is 29.1 Å². The third-order valence-corrected chi connectivity index (χ3v) is 3.67. The Morgan fingerprint density at radius 1 is 1.59 bits per heavy atom. The molecule has 0 aliphatic carbocycles. The van der Waals surface area contributed by atoms with Crippen LogP contribution in [0.2, 0.25) is 0 Å². The Kier molecular flexibility index (Phi) is 4.31. The third kappa shape index (κ3) is 3.34. The predicted molar refractivity (Wildman–Crippen MR) is 78.2 cm³/mol. The van der Waals surface area contributed by atoms with E-state index in [0.717, 1.165) is 23.7 Å². The van der Waals surface area contributed by atoms with Crippen LogP contribution < -0.4 is 5.43 Å². The maximum absolute atomic E-state index is 12.8. The summed E-state index contributed by atoms with van der Waals surface area (Å²) in [6.07, 6.45) is 3.54. The van der Waals surface area contributed by atoms with Crippen LogP contribution in [0.25, 0.3) is 0 Å². The molecule has 1 N–H and O–H groups in total. The predicted octanol–water partition coefficient (Wildman–Crippen LogP) is 1.88. The number of nitro groups is 1. The fourth-order valence-corrected chi connectivity index (χ4v) is 2.11.